The minimum absolute atomic E-state index is 0.0401. The van der Waals surface area contributed by atoms with Gasteiger partial charge in [0.2, 0.25) is 0 Å². The van der Waals surface area contributed by atoms with Gasteiger partial charge in [0.25, 0.3) is 0 Å². The van der Waals surface area contributed by atoms with Crippen molar-refractivity contribution in [1.82, 2.24) is 4.90 Å². The number of hydrogen-bond acceptors (Lipinski definition) is 13. The summed E-state index contributed by atoms with van der Waals surface area (Å²) in [4.78, 5) is 66.8. The summed E-state index contributed by atoms with van der Waals surface area (Å²) in [5, 5.41) is 11.8. The van der Waals surface area contributed by atoms with Crippen LogP contribution in [-0.4, -0.2) is 116 Å². The average Bonchev–Trinajstić information content (AvgIpc) is 3.10. The van der Waals surface area contributed by atoms with E-state index in [0.29, 0.717) is 12.0 Å². The molecule has 2 aliphatic heterocycles. The number of ether oxygens (including phenoxy) is 5. The van der Waals surface area contributed by atoms with Crippen molar-refractivity contribution in [3.63, 3.8) is 0 Å². The van der Waals surface area contributed by atoms with Gasteiger partial charge in [0.15, 0.2) is 26.5 Å². The van der Waals surface area contributed by atoms with Gasteiger partial charge >= 0.3 is 17.9 Å². The Kier molecular flexibility index (Phi) is 19.3. The molecule has 0 aliphatic carbocycles. The van der Waals surface area contributed by atoms with Gasteiger partial charge in [-0.1, -0.05) is 59.3 Å². The van der Waals surface area contributed by atoms with Crippen molar-refractivity contribution in [2.24, 2.45) is 17.8 Å². The Labute approximate surface area is 336 Å². The zero-order valence-corrected chi connectivity index (χ0v) is 37.4. The van der Waals surface area contributed by atoms with Crippen LogP contribution in [0.4, 0.5) is 0 Å². The van der Waals surface area contributed by atoms with Gasteiger partial charge in [0, 0.05) is 32.1 Å². The van der Waals surface area contributed by atoms with E-state index in [1.807, 2.05) is 26.8 Å². The number of nitrogens with zero attached hydrogens (tertiary/aromatic N) is 1. The van der Waals surface area contributed by atoms with E-state index >= 15 is 0 Å². The van der Waals surface area contributed by atoms with Gasteiger partial charge in [0.05, 0.1) is 30.8 Å². The fourth-order valence-electron chi connectivity index (χ4n) is 8.27. The summed E-state index contributed by atoms with van der Waals surface area (Å²) in [6.45, 7) is 21.0. The summed E-state index contributed by atoms with van der Waals surface area (Å²) in [5.74, 6) is -3.73. The molecule has 0 aromatic carbocycles. The summed E-state index contributed by atoms with van der Waals surface area (Å²) < 4.78 is 38.2. The van der Waals surface area contributed by atoms with E-state index in [1.165, 1.54) is 33.8 Å². The van der Waals surface area contributed by atoms with E-state index in [-0.39, 0.29) is 25.0 Å². The first-order valence-corrected chi connectivity index (χ1v) is 22.9. The Morgan fingerprint density at radius 2 is 1.50 bits per heavy atom. The standard InChI is InChI=1S/C42H71NO12Si/c1-15-33-32(22-27(7)44)21-25(5)19-20-35(47)42(12,49)24-26(6)38(28(8)34(23-36(48)53-33)55-56(16-2,17-3)18-4)54-41-40(52-31(11)46)37(43(13)14)39(29(9)50-41)51-30(10)45/h19-21,26,28-29,32-34,37-41,49H,15-18,22-24H2,1-14H3/b20-19+,25-21+/t26-,28-,29?,32?,33?,34+,37?,38-,39?,40?,41?,42-/m0/s1. The molecule has 2 aliphatic rings. The normalized spacial score (nSPS) is 35.6. The Balaban J connectivity index is 2.85. The van der Waals surface area contributed by atoms with Crippen LogP contribution < -0.4 is 0 Å². The fourth-order valence-corrected chi connectivity index (χ4v) is 11.2. The molecule has 0 bridgehead atoms. The van der Waals surface area contributed by atoms with Crippen molar-refractivity contribution in [2.75, 3.05) is 14.1 Å². The molecule has 0 aromatic heterocycles. The smallest absolute Gasteiger partial charge is 0.308 e. The molecule has 56 heavy (non-hydrogen) atoms. The van der Waals surface area contributed by atoms with Crippen molar-refractivity contribution in [3.05, 3.63) is 23.8 Å². The maximum Gasteiger partial charge on any atom is 0.308 e. The lowest BCUT2D eigenvalue weighted by atomic mass is 9.80. The highest BCUT2D eigenvalue weighted by molar-refractivity contribution is 6.73. The molecule has 7 unspecified atom stereocenters. The maximum absolute atomic E-state index is 14.1. The number of Topliss-reactive ketones (excluding diaryl/α,β-unsaturated/α-hetero) is 1. The zero-order chi connectivity index (χ0) is 42.7. The number of allylic oxidation sites excluding steroid dienone is 2. The van der Waals surface area contributed by atoms with E-state index < -0.39 is 104 Å². The second kappa shape index (κ2) is 21.8. The van der Waals surface area contributed by atoms with Crippen molar-refractivity contribution in [3.8, 4) is 0 Å². The van der Waals surface area contributed by atoms with Crippen LogP contribution in [0.5, 0.6) is 0 Å². The van der Waals surface area contributed by atoms with Crippen LogP contribution in [0.25, 0.3) is 0 Å². The van der Waals surface area contributed by atoms with Crippen LogP contribution in [0.3, 0.4) is 0 Å². The van der Waals surface area contributed by atoms with Crippen LogP contribution in [0.15, 0.2) is 23.8 Å². The number of hydrogen-bond donors (Lipinski definition) is 1. The average molecular weight is 810 g/mol. The van der Waals surface area contributed by atoms with Gasteiger partial charge in [0.1, 0.15) is 23.6 Å². The third kappa shape index (κ3) is 13.7. The highest BCUT2D eigenvalue weighted by Crippen LogP contribution is 2.38. The Morgan fingerprint density at radius 1 is 0.929 bits per heavy atom. The summed E-state index contributed by atoms with van der Waals surface area (Å²) >= 11 is 0. The molecule has 1 fully saturated rings. The maximum atomic E-state index is 14.1. The third-order valence-electron chi connectivity index (χ3n) is 11.5. The number of carbonyl (C=O) groups is 5. The quantitative estimate of drug-likeness (QED) is 0.129. The number of ketones is 2. The van der Waals surface area contributed by atoms with Crippen LogP contribution in [0.2, 0.25) is 18.1 Å². The summed E-state index contributed by atoms with van der Waals surface area (Å²) in [6.07, 6.45) is -0.724. The molecule has 12 atom stereocenters. The van der Waals surface area contributed by atoms with E-state index in [2.05, 4.69) is 20.8 Å². The second-order valence-electron chi connectivity index (χ2n) is 16.4. The van der Waals surface area contributed by atoms with Crippen LogP contribution in [0.1, 0.15) is 109 Å². The Bertz CT molecular complexity index is 1400. The van der Waals surface area contributed by atoms with E-state index in [0.717, 1.165) is 18.1 Å². The molecule has 2 rings (SSSR count). The number of cyclic esters (lactones) is 1. The molecule has 2 heterocycles. The van der Waals surface area contributed by atoms with Gasteiger partial charge in [-0.05, 0) is 84.8 Å². The molecule has 0 saturated carbocycles. The van der Waals surface area contributed by atoms with Crippen LogP contribution in [0, 0.1) is 17.8 Å². The fraction of sp³-hybridized carbons (Fsp3) is 0.786. The number of esters is 3. The zero-order valence-electron chi connectivity index (χ0n) is 36.4. The van der Waals surface area contributed by atoms with Gasteiger partial charge in [-0.15, -0.1) is 0 Å². The molecular formula is C42H71NO12Si. The van der Waals surface area contributed by atoms with Gasteiger partial charge in [-0.25, -0.2) is 0 Å². The topological polar surface area (TPSA) is 164 Å². The molecule has 13 nitrogen and oxygen atoms in total. The lowest BCUT2D eigenvalue weighted by Crippen LogP contribution is -2.65. The summed E-state index contributed by atoms with van der Waals surface area (Å²) in [7, 11) is 1.16. The largest absolute Gasteiger partial charge is 0.462 e. The minimum atomic E-state index is -2.40. The van der Waals surface area contributed by atoms with Gasteiger partial charge < -0.3 is 38.0 Å². The molecule has 0 amide bonds. The van der Waals surface area contributed by atoms with Gasteiger partial charge in [-0.2, -0.15) is 0 Å². The first-order valence-electron chi connectivity index (χ1n) is 20.4. The molecule has 0 aromatic rings. The Hall–Kier alpha value is -2.75. The molecule has 0 spiro atoms. The monoisotopic (exact) mass is 809 g/mol. The molecule has 14 heteroatoms. The van der Waals surface area contributed by atoms with Crippen LogP contribution in [-0.2, 0) is 52.1 Å². The van der Waals surface area contributed by atoms with Crippen molar-refractivity contribution in [1.29, 1.82) is 0 Å². The SMILES string of the molecule is CCC1OC(=O)C[C@@H](O[Si](CC)(CC)CC)[C@H](C)[C@@H](OC2OC(C)C(OC(C)=O)C(N(C)C)C2OC(C)=O)[C@@H](C)C[C@](C)(O)C(=O)/C=C/C(C)=C/C1CC(C)=O. The predicted octanol–water partition coefficient (Wildman–Crippen LogP) is 6.11. The first kappa shape index (κ1) is 49.4. The first-order chi connectivity index (χ1) is 26.0. The van der Waals surface area contributed by atoms with Crippen LogP contribution >= 0.6 is 0 Å². The molecule has 1 saturated heterocycles. The number of likely N-dealkylation sites (N-methyl/N-ethyl adjacent to an activating group) is 1. The summed E-state index contributed by atoms with van der Waals surface area (Å²) in [6, 6.07) is 1.74. The highest BCUT2D eigenvalue weighted by atomic mass is 28.4. The second-order valence-corrected chi connectivity index (χ2v) is 21.2. The lowest BCUT2D eigenvalue weighted by molar-refractivity contribution is -0.307. The minimum Gasteiger partial charge on any atom is -0.462 e. The van der Waals surface area contributed by atoms with Crippen molar-refractivity contribution in [2.45, 2.75) is 181 Å². The number of carbonyl (C=O) groups excluding carboxylic acids is 5. The van der Waals surface area contributed by atoms with E-state index in [9.17, 15) is 29.1 Å². The lowest BCUT2D eigenvalue weighted by Gasteiger charge is -2.49. The van der Waals surface area contributed by atoms with Crippen molar-refractivity contribution >= 4 is 37.8 Å². The number of rotatable bonds is 13. The van der Waals surface area contributed by atoms with Crippen molar-refractivity contribution < 1.29 is 57.2 Å². The highest BCUT2D eigenvalue weighted by Gasteiger charge is 2.52. The summed E-state index contributed by atoms with van der Waals surface area (Å²) in [5.41, 5.74) is -1.15. The molecular weight excluding hydrogens is 739 g/mol. The molecule has 0 radical (unpaired) electrons. The molecule has 1 N–H and O–H groups in total. The molecule has 320 valence electrons. The third-order valence-corrected chi connectivity index (χ3v) is 16.2. The number of aliphatic hydroxyl groups is 1. The van der Waals surface area contributed by atoms with E-state index in [4.69, 9.17) is 28.1 Å². The van der Waals surface area contributed by atoms with E-state index in [1.54, 1.807) is 38.9 Å². The predicted molar refractivity (Wildman–Crippen MR) is 215 cm³/mol. The Morgan fingerprint density at radius 3 is 2.00 bits per heavy atom. The van der Waals surface area contributed by atoms with Gasteiger partial charge in [-0.3, -0.25) is 24.1 Å².